The van der Waals surface area contributed by atoms with Crippen LogP contribution >= 0.6 is 0 Å². The minimum atomic E-state index is -0.363. The largest absolute Gasteiger partial charge is 0.493 e. The number of carbonyl (C=O) groups excluding carboxylic acids is 2. The third kappa shape index (κ3) is 5.05. The van der Waals surface area contributed by atoms with Crippen LogP contribution in [0.4, 0.5) is 17.3 Å². The van der Waals surface area contributed by atoms with E-state index in [1.807, 2.05) is 73.3 Å². The van der Waals surface area contributed by atoms with Crippen molar-refractivity contribution in [2.24, 2.45) is 0 Å². The van der Waals surface area contributed by atoms with Gasteiger partial charge in [0.15, 0.2) is 5.82 Å². The predicted octanol–water partition coefficient (Wildman–Crippen LogP) is 5.61. The number of benzene rings is 2. The number of esters is 1. The molecule has 0 bridgehead atoms. The van der Waals surface area contributed by atoms with Crippen LogP contribution in [0.3, 0.4) is 0 Å². The molecule has 1 amide bonds. The van der Waals surface area contributed by atoms with E-state index < -0.39 is 0 Å². The zero-order valence-corrected chi connectivity index (χ0v) is 22.5. The summed E-state index contributed by atoms with van der Waals surface area (Å²) >= 11 is 0. The molecule has 1 aliphatic heterocycles. The van der Waals surface area contributed by atoms with Crippen LogP contribution in [0.1, 0.15) is 38.8 Å². The zero-order valence-electron chi connectivity index (χ0n) is 22.5. The smallest absolute Gasteiger partial charge is 0.337 e. The van der Waals surface area contributed by atoms with Crippen LogP contribution in [0.15, 0.2) is 73.1 Å². The van der Waals surface area contributed by atoms with Crippen LogP contribution < -0.4 is 14.5 Å². The number of carbonyl (C=O) groups is 2. The van der Waals surface area contributed by atoms with Gasteiger partial charge in [-0.25, -0.2) is 14.8 Å². The number of rotatable bonds is 7. The van der Waals surface area contributed by atoms with Gasteiger partial charge in [0.1, 0.15) is 11.6 Å². The monoisotopic (exact) mass is 522 g/mol. The molecular weight excluding hydrogens is 492 g/mol. The Morgan fingerprint density at radius 2 is 1.79 bits per heavy atom. The number of amides is 1. The van der Waals surface area contributed by atoms with E-state index in [0.29, 0.717) is 42.3 Å². The molecule has 0 fully saturated rings. The molecule has 0 saturated carbocycles. The summed E-state index contributed by atoms with van der Waals surface area (Å²) in [6, 6.07) is 18.9. The van der Waals surface area contributed by atoms with Crippen molar-refractivity contribution in [1.29, 1.82) is 0 Å². The lowest BCUT2D eigenvalue weighted by Crippen LogP contribution is -2.25. The molecule has 8 heteroatoms. The molecule has 0 unspecified atom stereocenters. The predicted molar refractivity (Wildman–Crippen MR) is 151 cm³/mol. The highest BCUT2D eigenvalue weighted by molar-refractivity contribution is 6.12. The highest BCUT2D eigenvalue weighted by atomic mass is 16.5. The topological polar surface area (TPSA) is 84.9 Å². The number of ether oxygens (including phenoxy) is 2. The fourth-order valence-corrected chi connectivity index (χ4v) is 4.77. The van der Waals surface area contributed by atoms with Gasteiger partial charge >= 0.3 is 5.97 Å². The van der Waals surface area contributed by atoms with E-state index in [1.165, 1.54) is 7.11 Å². The van der Waals surface area contributed by atoms with Crippen molar-refractivity contribution in [1.82, 2.24) is 9.97 Å². The van der Waals surface area contributed by atoms with E-state index in [9.17, 15) is 9.59 Å². The summed E-state index contributed by atoms with van der Waals surface area (Å²) in [4.78, 5) is 38.0. The van der Waals surface area contributed by atoms with Gasteiger partial charge < -0.3 is 19.3 Å². The minimum absolute atomic E-state index is 0.117. The van der Waals surface area contributed by atoms with Crippen LogP contribution in [0.5, 0.6) is 5.75 Å². The van der Waals surface area contributed by atoms with Gasteiger partial charge in [-0.1, -0.05) is 18.2 Å². The van der Waals surface area contributed by atoms with Crippen molar-refractivity contribution < 1.29 is 19.1 Å². The van der Waals surface area contributed by atoms with Crippen LogP contribution in [0, 0.1) is 6.92 Å². The number of pyridine rings is 2. The maximum absolute atomic E-state index is 13.4. The molecule has 2 aromatic heterocycles. The summed E-state index contributed by atoms with van der Waals surface area (Å²) in [5.74, 6) is 1.62. The number of hydrogen-bond donors (Lipinski definition) is 0. The highest BCUT2D eigenvalue weighted by Gasteiger charge is 2.30. The Kier molecular flexibility index (Phi) is 7.27. The number of fused-ring (bicyclic) bond motifs is 2. The Bertz CT molecular complexity index is 1550. The highest BCUT2D eigenvalue weighted by Crippen LogP contribution is 2.37. The van der Waals surface area contributed by atoms with Crippen LogP contribution in [-0.2, 0) is 11.2 Å². The molecule has 0 radical (unpaired) electrons. The second kappa shape index (κ2) is 10.9. The SMILES string of the molecule is CCN1c2ncc(CCOc3ccc(-c4cccc(C(=O)OC)c4)cc3C)cc2C(=O)N(C)c2cccnc21. The maximum atomic E-state index is 13.4. The Balaban J connectivity index is 1.31. The lowest BCUT2D eigenvalue weighted by atomic mass is 10.0. The van der Waals surface area contributed by atoms with E-state index in [1.54, 1.807) is 30.4 Å². The van der Waals surface area contributed by atoms with Crippen molar-refractivity contribution in [2.75, 3.05) is 37.1 Å². The molecule has 0 N–H and O–H groups in total. The molecular formula is C31H30N4O4. The molecule has 198 valence electrons. The fraction of sp³-hybridized carbons (Fsp3) is 0.226. The molecule has 4 aromatic rings. The Morgan fingerprint density at radius 3 is 2.56 bits per heavy atom. The Hall–Kier alpha value is -4.72. The summed E-state index contributed by atoms with van der Waals surface area (Å²) in [5.41, 5.74) is 5.62. The summed E-state index contributed by atoms with van der Waals surface area (Å²) in [5, 5.41) is 0. The second-order valence-electron chi connectivity index (χ2n) is 9.32. The van der Waals surface area contributed by atoms with Gasteiger partial charge in [-0.2, -0.15) is 0 Å². The molecule has 0 aliphatic carbocycles. The van der Waals surface area contributed by atoms with Gasteiger partial charge in [0.05, 0.1) is 30.5 Å². The van der Waals surface area contributed by atoms with Gasteiger partial charge in [-0.15, -0.1) is 0 Å². The summed E-state index contributed by atoms with van der Waals surface area (Å²) in [7, 11) is 3.14. The van der Waals surface area contributed by atoms with Gasteiger partial charge in [0.2, 0.25) is 0 Å². The molecule has 3 heterocycles. The molecule has 0 saturated heterocycles. The Labute approximate surface area is 227 Å². The first-order valence-electron chi connectivity index (χ1n) is 12.8. The van der Waals surface area contributed by atoms with E-state index in [2.05, 4.69) is 9.97 Å². The first-order chi connectivity index (χ1) is 18.9. The number of methoxy groups -OCH3 is 1. The van der Waals surface area contributed by atoms with E-state index in [0.717, 1.165) is 33.7 Å². The van der Waals surface area contributed by atoms with Crippen LogP contribution in [-0.4, -0.2) is 49.2 Å². The van der Waals surface area contributed by atoms with Crippen LogP contribution in [0.2, 0.25) is 0 Å². The lowest BCUT2D eigenvalue weighted by molar-refractivity contribution is 0.0600. The van der Waals surface area contributed by atoms with Crippen LogP contribution in [0.25, 0.3) is 11.1 Å². The molecule has 5 rings (SSSR count). The van der Waals surface area contributed by atoms with Crippen molar-refractivity contribution >= 4 is 29.2 Å². The normalized spacial score (nSPS) is 12.5. The number of anilines is 3. The number of aryl methyl sites for hydroxylation is 1. The third-order valence-electron chi connectivity index (χ3n) is 6.85. The van der Waals surface area contributed by atoms with E-state index in [-0.39, 0.29) is 11.9 Å². The number of aromatic nitrogens is 2. The summed E-state index contributed by atoms with van der Waals surface area (Å²) in [6.45, 7) is 5.08. The second-order valence-corrected chi connectivity index (χ2v) is 9.32. The number of hydrogen-bond acceptors (Lipinski definition) is 7. The summed E-state index contributed by atoms with van der Waals surface area (Å²) < 4.78 is 10.9. The van der Waals surface area contributed by atoms with Crippen molar-refractivity contribution in [3.05, 3.63) is 95.3 Å². The average molecular weight is 523 g/mol. The number of nitrogens with zero attached hydrogens (tertiary/aromatic N) is 4. The van der Waals surface area contributed by atoms with E-state index >= 15 is 0 Å². The quantitative estimate of drug-likeness (QED) is 0.292. The van der Waals surface area contributed by atoms with E-state index in [4.69, 9.17) is 9.47 Å². The lowest BCUT2D eigenvalue weighted by Gasteiger charge is -2.22. The van der Waals surface area contributed by atoms with Gasteiger partial charge in [0.25, 0.3) is 5.91 Å². The molecule has 0 spiro atoms. The zero-order chi connectivity index (χ0) is 27.5. The first kappa shape index (κ1) is 25.9. The van der Waals surface area contributed by atoms with Crippen molar-refractivity contribution in [3.8, 4) is 16.9 Å². The van der Waals surface area contributed by atoms with Gasteiger partial charge in [-0.3, -0.25) is 4.79 Å². The molecule has 39 heavy (non-hydrogen) atoms. The van der Waals surface area contributed by atoms with Crippen molar-refractivity contribution in [3.63, 3.8) is 0 Å². The molecule has 2 aromatic carbocycles. The Morgan fingerprint density at radius 1 is 0.974 bits per heavy atom. The first-order valence-corrected chi connectivity index (χ1v) is 12.8. The maximum Gasteiger partial charge on any atom is 0.337 e. The molecule has 1 aliphatic rings. The van der Waals surface area contributed by atoms with Crippen molar-refractivity contribution in [2.45, 2.75) is 20.3 Å². The standard InChI is InChI=1S/C31H30N4O4/c1-5-35-28-25(30(36)34(3)26-10-7-14-32-29(26)35)17-21(19-33-28)13-15-39-27-12-11-23(16-20(27)2)22-8-6-9-24(18-22)31(37)38-4/h6-12,14,16-19H,5,13,15H2,1-4H3. The third-order valence-corrected chi connectivity index (χ3v) is 6.85. The van der Waals surface area contributed by atoms with Gasteiger partial charge in [-0.05, 0) is 78.6 Å². The molecule has 0 atom stereocenters. The minimum Gasteiger partial charge on any atom is -0.493 e. The summed E-state index contributed by atoms with van der Waals surface area (Å²) in [6.07, 6.45) is 4.12. The average Bonchev–Trinajstić information content (AvgIpc) is 3.06. The van der Waals surface area contributed by atoms with Gasteiger partial charge in [0, 0.05) is 32.4 Å². The fourth-order valence-electron chi connectivity index (χ4n) is 4.77. The molecule has 8 nitrogen and oxygen atoms in total.